The summed E-state index contributed by atoms with van der Waals surface area (Å²) in [4.78, 5) is 1.91. The van der Waals surface area contributed by atoms with Crippen molar-refractivity contribution in [3.63, 3.8) is 0 Å². The quantitative estimate of drug-likeness (QED) is 0.765. The van der Waals surface area contributed by atoms with Crippen LogP contribution < -0.4 is 4.74 Å². The summed E-state index contributed by atoms with van der Waals surface area (Å²) in [5, 5.41) is 18.7. The highest BCUT2D eigenvalue weighted by molar-refractivity contribution is 6.35. The summed E-state index contributed by atoms with van der Waals surface area (Å²) in [7, 11) is 0. The van der Waals surface area contributed by atoms with Crippen molar-refractivity contribution in [1.29, 1.82) is 0 Å². The van der Waals surface area contributed by atoms with Gasteiger partial charge in [-0.25, -0.2) is 0 Å². The summed E-state index contributed by atoms with van der Waals surface area (Å²) in [5.74, 6) is 0.578. The molecule has 0 bridgehead atoms. The highest BCUT2D eigenvalue weighted by Crippen LogP contribution is 2.27. The molecule has 18 heavy (non-hydrogen) atoms. The number of hydrogen-bond donors (Lipinski definition) is 2. The van der Waals surface area contributed by atoms with Crippen LogP contribution in [0.5, 0.6) is 5.75 Å². The van der Waals surface area contributed by atoms with Gasteiger partial charge in [-0.1, -0.05) is 23.2 Å². The highest BCUT2D eigenvalue weighted by Gasteiger charge is 2.05. The van der Waals surface area contributed by atoms with E-state index in [1.165, 1.54) is 0 Å². The Bertz CT molecular complexity index is 357. The Morgan fingerprint density at radius 3 is 2.28 bits per heavy atom. The van der Waals surface area contributed by atoms with Crippen molar-refractivity contribution >= 4 is 23.2 Å². The largest absolute Gasteiger partial charge is 0.491 e. The van der Waals surface area contributed by atoms with E-state index in [0.717, 1.165) is 0 Å². The van der Waals surface area contributed by atoms with Crippen LogP contribution in [-0.4, -0.2) is 54.6 Å². The highest BCUT2D eigenvalue weighted by atomic mass is 35.5. The minimum atomic E-state index is 0.0572. The van der Waals surface area contributed by atoms with Gasteiger partial charge in [-0.3, -0.25) is 4.90 Å². The van der Waals surface area contributed by atoms with Crippen LogP contribution in [-0.2, 0) is 0 Å². The molecule has 0 aliphatic carbocycles. The van der Waals surface area contributed by atoms with Crippen LogP contribution in [0.4, 0.5) is 0 Å². The molecule has 0 aliphatic rings. The number of aliphatic hydroxyl groups is 2. The number of nitrogens with zero attached hydrogens (tertiary/aromatic N) is 1. The minimum absolute atomic E-state index is 0.0572. The molecule has 0 saturated heterocycles. The summed E-state index contributed by atoms with van der Waals surface area (Å²) >= 11 is 11.7. The standard InChI is InChI=1S/C12H17Cl2NO3/c13-10-1-2-12(11(14)9-10)18-8-5-15(3-6-16)4-7-17/h1-2,9,16-17H,3-8H2. The van der Waals surface area contributed by atoms with Crippen LogP contribution in [0, 0.1) is 0 Å². The summed E-state index contributed by atoms with van der Waals surface area (Å²) in [6.07, 6.45) is 0. The molecular formula is C12H17Cl2NO3. The minimum Gasteiger partial charge on any atom is -0.491 e. The van der Waals surface area contributed by atoms with Crippen molar-refractivity contribution in [3.05, 3.63) is 28.2 Å². The Labute approximate surface area is 117 Å². The van der Waals surface area contributed by atoms with Crippen molar-refractivity contribution in [2.75, 3.05) is 39.5 Å². The van der Waals surface area contributed by atoms with Crippen molar-refractivity contribution in [2.45, 2.75) is 0 Å². The second kappa shape index (κ2) is 8.56. The second-order valence-electron chi connectivity index (χ2n) is 3.71. The molecule has 6 heteroatoms. The van der Waals surface area contributed by atoms with Crippen LogP contribution in [0.2, 0.25) is 10.0 Å². The van der Waals surface area contributed by atoms with E-state index < -0.39 is 0 Å². The Hall–Kier alpha value is -0.520. The van der Waals surface area contributed by atoms with Gasteiger partial charge in [0, 0.05) is 24.7 Å². The first-order valence-electron chi connectivity index (χ1n) is 5.69. The smallest absolute Gasteiger partial charge is 0.138 e. The first kappa shape index (κ1) is 15.5. The molecule has 102 valence electrons. The first-order valence-corrected chi connectivity index (χ1v) is 6.45. The monoisotopic (exact) mass is 293 g/mol. The van der Waals surface area contributed by atoms with Gasteiger partial charge in [0.1, 0.15) is 12.4 Å². The third-order valence-corrected chi connectivity index (χ3v) is 2.92. The fraction of sp³-hybridized carbons (Fsp3) is 0.500. The van der Waals surface area contributed by atoms with Gasteiger partial charge in [0.25, 0.3) is 0 Å². The Morgan fingerprint density at radius 1 is 1.06 bits per heavy atom. The van der Waals surface area contributed by atoms with Crippen molar-refractivity contribution in [1.82, 2.24) is 4.90 Å². The number of benzene rings is 1. The zero-order valence-electron chi connectivity index (χ0n) is 9.98. The fourth-order valence-electron chi connectivity index (χ4n) is 1.50. The van der Waals surface area contributed by atoms with Crippen LogP contribution in [0.3, 0.4) is 0 Å². The Morgan fingerprint density at radius 2 is 1.72 bits per heavy atom. The van der Waals surface area contributed by atoms with Crippen molar-refractivity contribution < 1.29 is 14.9 Å². The zero-order chi connectivity index (χ0) is 13.4. The maximum Gasteiger partial charge on any atom is 0.138 e. The zero-order valence-corrected chi connectivity index (χ0v) is 11.5. The van der Waals surface area contributed by atoms with Gasteiger partial charge in [0.05, 0.1) is 18.2 Å². The van der Waals surface area contributed by atoms with Gasteiger partial charge in [-0.05, 0) is 18.2 Å². The summed E-state index contributed by atoms with van der Waals surface area (Å²) in [6.45, 7) is 2.18. The summed E-state index contributed by atoms with van der Waals surface area (Å²) in [5.41, 5.74) is 0. The molecule has 0 atom stereocenters. The molecule has 0 aliphatic heterocycles. The van der Waals surface area contributed by atoms with E-state index in [0.29, 0.717) is 42.0 Å². The topological polar surface area (TPSA) is 52.9 Å². The average Bonchev–Trinajstić information content (AvgIpc) is 2.32. The number of hydrogen-bond acceptors (Lipinski definition) is 4. The molecule has 0 amide bonds. The Kier molecular flexibility index (Phi) is 7.39. The molecule has 4 nitrogen and oxygen atoms in total. The molecule has 0 saturated carbocycles. The lowest BCUT2D eigenvalue weighted by molar-refractivity contribution is 0.141. The third-order valence-electron chi connectivity index (χ3n) is 2.39. The van der Waals surface area contributed by atoms with Crippen LogP contribution >= 0.6 is 23.2 Å². The van der Waals surface area contributed by atoms with Crippen LogP contribution in [0.15, 0.2) is 18.2 Å². The van der Waals surface area contributed by atoms with E-state index in [1.54, 1.807) is 18.2 Å². The van der Waals surface area contributed by atoms with Crippen molar-refractivity contribution in [2.24, 2.45) is 0 Å². The number of ether oxygens (including phenoxy) is 1. The molecule has 0 radical (unpaired) electrons. The predicted molar refractivity (Wildman–Crippen MR) is 72.6 cm³/mol. The predicted octanol–water partition coefficient (Wildman–Crippen LogP) is 1.66. The van der Waals surface area contributed by atoms with Gasteiger partial charge in [-0.2, -0.15) is 0 Å². The van der Waals surface area contributed by atoms with E-state index in [9.17, 15) is 0 Å². The molecule has 1 aromatic rings. The molecule has 0 spiro atoms. The van der Waals surface area contributed by atoms with E-state index in [2.05, 4.69) is 0 Å². The maximum atomic E-state index is 8.85. The van der Waals surface area contributed by atoms with E-state index in [-0.39, 0.29) is 13.2 Å². The second-order valence-corrected chi connectivity index (χ2v) is 4.56. The van der Waals surface area contributed by atoms with Gasteiger partial charge in [0.2, 0.25) is 0 Å². The lowest BCUT2D eigenvalue weighted by atomic mass is 10.3. The summed E-state index contributed by atoms with van der Waals surface area (Å²) < 4.78 is 5.52. The number of halogens is 2. The van der Waals surface area contributed by atoms with E-state index >= 15 is 0 Å². The van der Waals surface area contributed by atoms with Crippen LogP contribution in [0.25, 0.3) is 0 Å². The molecule has 2 N–H and O–H groups in total. The third kappa shape index (κ3) is 5.42. The number of rotatable bonds is 8. The maximum absolute atomic E-state index is 8.85. The molecule has 1 aromatic carbocycles. The molecular weight excluding hydrogens is 277 g/mol. The van der Waals surface area contributed by atoms with Crippen LogP contribution in [0.1, 0.15) is 0 Å². The molecule has 1 rings (SSSR count). The molecule has 0 fully saturated rings. The van der Waals surface area contributed by atoms with Gasteiger partial charge in [0.15, 0.2) is 0 Å². The number of aliphatic hydroxyl groups excluding tert-OH is 2. The molecule has 0 heterocycles. The Balaban J connectivity index is 2.39. The molecule has 0 aromatic heterocycles. The fourth-order valence-corrected chi connectivity index (χ4v) is 1.96. The van der Waals surface area contributed by atoms with E-state index in [4.69, 9.17) is 38.2 Å². The summed E-state index contributed by atoms with van der Waals surface area (Å²) in [6, 6.07) is 5.05. The van der Waals surface area contributed by atoms with E-state index in [1.807, 2.05) is 4.90 Å². The lowest BCUT2D eigenvalue weighted by Crippen LogP contribution is -2.33. The van der Waals surface area contributed by atoms with Crippen molar-refractivity contribution in [3.8, 4) is 5.75 Å². The normalized spacial score (nSPS) is 10.9. The van der Waals surface area contributed by atoms with Gasteiger partial charge >= 0.3 is 0 Å². The first-order chi connectivity index (χ1) is 8.67. The van der Waals surface area contributed by atoms with Gasteiger partial charge < -0.3 is 14.9 Å². The SMILES string of the molecule is OCCN(CCO)CCOc1ccc(Cl)cc1Cl. The lowest BCUT2D eigenvalue weighted by Gasteiger charge is -2.20. The van der Waals surface area contributed by atoms with Gasteiger partial charge in [-0.15, -0.1) is 0 Å². The molecule has 0 unspecified atom stereocenters. The average molecular weight is 294 g/mol.